The summed E-state index contributed by atoms with van der Waals surface area (Å²) in [7, 11) is 0. The van der Waals surface area contributed by atoms with E-state index in [1.54, 1.807) is 0 Å². The van der Waals surface area contributed by atoms with Gasteiger partial charge in [0.05, 0.1) is 6.54 Å². The molecule has 0 radical (unpaired) electrons. The number of nitrogens with zero attached hydrogens (tertiary/aromatic N) is 2. The normalized spacial score (nSPS) is 9.50. The summed E-state index contributed by atoms with van der Waals surface area (Å²) in [5.41, 5.74) is 4.76. The molecule has 0 spiro atoms. The van der Waals surface area contributed by atoms with Gasteiger partial charge in [-0.3, -0.25) is 0 Å². The van der Waals surface area contributed by atoms with Crippen molar-refractivity contribution in [2.24, 2.45) is 5.73 Å². The van der Waals surface area contributed by atoms with E-state index in [9.17, 15) is 4.79 Å². The first kappa shape index (κ1) is 10.5. The van der Waals surface area contributed by atoms with Gasteiger partial charge in [0.2, 0.25) is 0 Å². The number of amides is 1. The number of aromatic nitrogens is 2. The minimum Gasteiger partial charge on any atom is -0.448 e. The van der Waals surface area contributed by atoms with Crippen LogP contribution in [0.15, 0.2) is 12.4 Å². The second-order valence-corrected chi connectivity index (χ2v) is 2.65. The minimum atomic E-state index is -0.808. The number of carbonyl (C=O) groups excluding carboxylic acids is 1. The van der Waals surface area contributed by atoms with Crippen molar-refractivity contribution in [3.05, 3.63) is 17.5 Å². The van der Waals surface area contributed by atoms with Gasteiger partial charge in [-0.05, 0) is 0 Å². The van der Waals surface area contributed by atoms with Gasteiger partial charge in [-0.1, -0.05) is 11.6 Å². The highest BCUT2D eigenvalue weighted by molar-refractivity contribution is 6.31. The summed E-state index contributed by atoms with van der Waals surface area (Å²) in [6, 6.07) is 0. The average Bonchev–Trinajstić information content (AvgIpc) is 2.15. The predicted octanol–water partition coefficient (Wildman–Crippen LogP) is 0.637. The summed E-state index contributed by atoms with van der Waals surface area (Å²) in [6.45, 7) is 0.531. The predicted molar refractivity (Wildman–Crippen MR) is 51.1 cm³/mol. The fourth-order valence-electron chi connectivity index (χ4n) is 0.761. The Morgan fingerprint density at radius 2 is 2.29 bits per heavy atom. The van der Waals surface area contributed by atoms with E-state index in [2.05, 4.69) is 20.0 Å². The van der Waals surface area contributed by atoms with Crippen molar-refractivity contribution in [3.63, 3.8) is 0 Å². The molecule has 0 aliphatic rings. The summed E-state index contributed by atoms with van der Waals surface area (Å²) in [5, 5.41) is 3.10. The molecule has 1 aromatic heterocycles. The molecule has 0 aliphatic heterocycles. The van der Waals surface area contributed by atoms with Crippen LogP contribution >= 0.6 is 11.6 Å². The maximum Gasteiger partial charge on any atom is 0.404 e. The lowest BCUT2D eigenvalue weighted by Gasteiger charge is -2.05. The van der Waals surface area contributed by atoms with Gasteiger partial charge in [0.1, 0.15) is 6.61 Å². The molecule has 0 bridgehead atoms. The minimum absolute atomic E-state index is 0.155. The van der Waals surface area contributed by atoms with Gasteiger partial charge in [-0.15, -0.1) is 0 Å². The van der Waals surface area contributed by atoms with Crippen LogP contribution < -0.4 is 11.1 Å². The number of ether oxygens (including phenoxy) is 1. The standard InChI is InChI=1S/C7H9ClN4O2/c8-5-6(11-2-1-10-5)12-3-4-14-7(9)13/h1-2H,3-4H2,(H2,9,13)(H,11,12). The second kappa shape index (κ2) is 5.23. The number of rotatable bonds is 4. The SMILES string of the molecule is NC(=O)OCCNc1nccnc1Cl. The average molecular weight is 217 g/mol. The molecule has 76 valence electrons. The molecule has 3 N–H and O–H groups in total. The van der Waals surface area contributed by atoms with Gasteiger partial charge < -0.3 is 15.8 Å². The van der Waals surface area contributed by atoms with Crippen molar-refractivity contribution in [1.29, 1.82) is 0 Å². The number of halogens is 1. The van der Waals surface area contributed by atoms with E-state index < -0.39 is 6.09 Å². The molecule has 1 amide bonds. The number of nitrogens with two attached hydrogens (primary N) is 1. The van der Waals surface area contributed by atoms with Crippen LogP contribution in [0.1, 0.15) is 0 Å². The molecule has 0 aromatic carbocycles. The second-order valence-electron chi connectivity index (χ2n) is 2.29. The molecule has 0 atom stereocenters. The number of nitrogens with one attached hydrogen (secondary N) is 1. The Labute approximate surface area is 85.4 Å². The van der Waals surface area contributed by atoms with Gasteiger partial charge in [-0.2, -0.15) is 0 Å². The zero-order valence-electron chi connectivity index (χ0n) is 7.24. The monoisotopic (exact) mass is 216 g/mol. The first-order valence-electron chi connectivity index (χ1n) is 3.83. The maximum atomic E-state index is 10.2. The van der Waals surface area contributed by atoms with Crippen molar-refractivity contribution < 1.29 is 9.53 Å². The van der Waals surface area contributed by atoms with E-state index in [1.165, 1.54) is 12.4 Å². The van der Waals surface area contributed by atoms with Gasteiger partial charge in [0, 0.05) is 12.4 Å². The number of carbonyl (C=O) groups is 1. The summed E-state index contributed by atoms with van der Waals surface area (Å²) in [5.74, 6) is 0.447. The number of hydrogen-bond acceptors (Lipinski definition) is 5. The molecule has 14 heavy (non-hydrogen) atoms. The molecule has 1 rings (SSSR count). The topological polar surface area (TPSA) is 90.1 Å². The van der Waals surface area contributed by atoms with Crippen LogP contribution in [0, 0.1) is 0 Å². The first-order chi connectivity index (χ1) is 6.70. The molecular formula is C7H9ClN4O2. The van der Waals surface area contributed by atoms with Gasteiger partial charge in [-0.25, -0.2) is 14.8 Å². The lowest BCUT2D eigenvalue weighted by Crippen LogP contribution is -2.18. The third kappa shape index (κ3) is 3.44. The molecule has 1 aromatic rings. The summed E-state index contributed by atoms with van der Waals surface area (Å²) < 4.78 is 4.49. The van der Waals surface area contributed by atoms with Gasteiger partial charge >= 0.3 is 6.09 Å². The Hall–Kier alpha value is -1.56. The van der Waals surface area contributed by atoms with Crippen LogP contribution in [0.5, 0.6) is 0 Å². The van der Waals surface area contributed by atoms with Crippen molar-refractivity contribution in [1.82, 2.24) is 9.97 Å². The highest BCUT2D eigenvalue weighted by atomic mass is 35.5. The fraction of sp³-hybridized carbons (Fsp3) is 0.286. The molecule has 0 unspecified atom stereocenters. The van der Waals surface area contributed by atoms with Crippen LogP contribution in [-0.2, 0) is 4.74 Å². The molecule has 7 heteroatoms. The van der Waals surface area contributed by atoms with Gasteiger partial charge in [0.15, 0.2) is 11.0 Å². The molecule has 6 nitrogen and oxygen atoms in total. The third-order valence-corrected chi connectivity index (χ3v) is 1.57. The summed E-state index contributed by atoms with van der Waals surface area (Å²) in [4.78, 5) is 17.9. The smallest absolute Gasteiger partial charge is 0.404 e. The third-order valence-electron chi connectivity index (χ3n) is 1.29. The Morgan fingerprint density at radius 3 is 2.93 bits per heavy atom. The summed E-state index contributed by atoms with van der Waals surface area (Å²) in [6.07, 6.45) is 2.17. The van der Waals surface area contributed by atoms with Crippen LogP contribution in [0.25, 0.3) is 0 Å². The highest BCUT2D eigenvalue weighted by Crippen LogP contribution is 2.13. The Kier molecular flexibility index (Phi) is 3.93. The fourth-order valence-corrected chi connectivity index (χ4v) is 0.933. The number of anilines is 1. The zero-order valence-corrected chi connectivity index (χ0v) is 7.99. The Morgan fingerprint density at radius 1 is 1.57 bits per heavy atom. The van der Waals surface area contributed by atoms with Crippen LogP contribution in [0.4, 0.5) is 10.6 Å². The van der Waals surface area contributed by atoms with Gasteiger partial charge in [0.25, 0.3) is 0 Å². The van der Waals surface area contributed by atoms with Crippen molar-refractivity contribution in [3.8, 4) is 0 Å². The quantitative estimate of drug-likeness (QED) is 0.721. The Bertz CT molecular complexity index is 320. The molecule has 0 fully saturated rings. The van der Waals surface area contributed by atoms with Crippen LogP contribution in [-0.4, -0.2) is 29.2 Å². The molecule has 1 heterocycles. The number of primary amides is 1. The van der Waals surface area contributed by atoms with E-state index in [4.69, 9.17) is 17.3 Å². The lowest BCUT2D eigenvalue weighted by atomic mass is 10.6. The van der Waals surface area contributed by atoms with E-state index in [1.807, 2.05) is 0 Å². The molecule has 0 saturated carbocycles. The van der Waals surface area contributed by atoms with Crippen LogP contribution in [0.3, 0.4) is 0 Å². The Balaban J connectivity index is 2.31. The van der Waals surface area contributed by atoms with Crippen molar-refractivity contribution in [2.75, 3.05) is 18.5 Å². The van der Waals surface area contributed by atoms with Crippen molar-refractivity contribution in [2.45, 2.75) is 0 Å². The summed E-state index contributed by atoms with van der Waals surface area (Å²) >= 11 is 5.70. The van der Waals surface area contributed by atoms with E-state index in [0.717, 1.165) is 0 Å². The molecular weight excluding hydrogens is 208 g/mol. The molecule has 0 aliphatic carbocycles. The highest BCUT2D eigenvalue weighted by Gasteiger charge is 2.00. The first-order valence-corrected chi connectivity index (χ1v) is 4.20. The lowest BCUT2D eigenvalue weighted by molar-refractivity contribution is 0.161. The van der Waals surface area contributed by atoms with E-state index >= 15 is 0 Å². The maximum absolute atomic E-state index is 10.2. The van der Waals surface area contributed by atoms with Crippen molar-refractivity contribution >= 4 is 23.5 Å². The van der Waals surface area contributed by atoms with E-state index in [0.29, 0.717) is 12.4 Å². The number of hydrogen-bond donors (Lipinski definition) is 2. The van der Waals surface area contributed by atoms with E-state index in [-0.39, 0.29) is 11.8 Å². The van der Waals surface area contributed by atoms with Crippen LogP contribution in [0.2, 0.25) is 5.15 Å². The largest absolute Gasteiger partial charge is 0.448 e. The molecule has 0 saturated heterocycles. The zero-order chi connectivity index (χ0) is 10.4.